The minimum Gasteiger partial charge on any atom is -0.473 e. The minimum absolute atomic E-state index is 0.00927. The third-order valence-corrected chi connectivity index (χ3v) is 11.2. The van der Waals surface area contributed by atoms with E-state index in [4.69, 9.17) is 30.1 Å². The van der Waals surface area contributed by atoms with Crippen LogP contribution < -0.4 is 20.7 Å². The van der Waals surface area contributed by atoms with Crippen LogP contribution in [0.3, 0.4) is 0 Å². The number of fused-ring (bicyclic) bond motifs is 4. The second kappa shape index (κ2) is 11.1. The number of anilines is 2. The molecule has 3 aromatic rings. The Morgan fingerprint density at radius 3 is 2.67 bits per heavy atom. The summed E-state index contributed by atoms with van der Waals surface area (Å²) in [4.78, 5) is 16.0. The molecule has 1 spiro atoms. The SMILES string of the molecule is C[C@H](Oc1cc(N2C[C@H](C)N[C@@H](C)C2)nc(-c2onc3c2CCC[C@@]32CCCc3sc(N)c(C#N)c32)n1)[C@@H]1CCCN1C. The topological polar surface area (TPSA) is 129 Å². The quantitative estimate of drug-likeness (QED) is 0.426. The first-order valence-corrected chi connectivity index (χ1v) is 16.7. The lowest BCUT2D eigenvalue weighted by Gasteiger charge is -2.39. The maximum atomic E-state index is 10.1. The number of ether oxygens (including phenoxy) is 1. The zero-order valence-corrected chi connectivity index (χ0v) is 26.5. The van der Waals surface area contributed by atoms with Gasteiger partial charge in [-0.05, 0) is 91.3 Å². The molecule has 2 fully saturated rings. The van der Waals surface area contributed by atoms with E-state index in [-0.39, 0.29) is 11.5 Å². The Labute approximate surface area is 257 Å². The summed E-state index contributed by atoms with van der Waals surface area (Å²) < 4.78 is 12.8. The number of nitriles is 1. The van der Waals surface area contributed by atoms with E-state index in [0.29, 0.717) is 46.2 Å². The number of nitrogen functional groups attached to an aromatic ring is 1. The largest absolute Gasteiger partial charge is 0.473 e. The Morgan fingerprint density at radius 1 is 1.19 bits per heavy atom. The van der Waals surface area contributed by atoms with Crippen molar-refractivity contribution in [3.8, 4) is 23.5 Å². The van der Waals surface area contributed by atoms with E-state index in [2.05, 4.69) is 49.0 Å². The summed E-state index contributed by atoms with van der Waals surface area (Å²) in [5.74, 6) is 2.56. The number of rotatable bonds is 5. The molecule has 228 valence electrons. The summed E-state index contributed by atoms with van der Waals surface area (Å²) in [5, 5.41) is 19.1. The predicted molar refractivity (Wildman–Crippen MR) is 168 cm³/mol. The molecular weight excluding hydrogens is 560 g/mol. The Bertz CT molecular complexity index is 1550. The molecule has 0 unspecified atom stereocenters. The number of nitrogens with zero attached hydrogens (tertiary/aromatic N) is 6. The number of nitrogens with one attached hydrogen (secondary N) is 1. The van der Waals surface area contributed by atoms with Crippen LogP contribution in [0.1, 0.15) is 86.6 Å². The van der Waals surface area contributed by atoms with Crippen LogP contribution in [0, 0.1) is 11.3 Å². The van der Waals surface area contributed by atoms with Crippen molar-refractivity contribution in [1.82, 2.24) is 25.3 Å². The first kappa shape index (κ1) is 28.6. The fourth-order valence-corrected chi connectivity index (χ4v) is 9.44. The van der Waals surface area contributed by atoms with E-state index >= 15 is 0 Å². The van der Waals surface area contributed by atoms with Gasteiger partial charge in [-0.1, -0.05) is 5.16 Å². The van der Waals surface area contributed by atoms with Gasteiger partial charge in [-0.2, -0.15) is 10.2 Å². The van der Waals surface area contributed by atoms with Crippen molar-refractivity contribution >= 4 is 22.2 Å². The van der Waals surface area contributed by atoms with Gasteiger partial charge in [0.05, 0.1) is 11.3 Å². The molecule has 4 aliphatic rings. The molecular formula is C32H42N8O2S. The van der Waals surface area contributed by atoms with E-state index in [1.165, 1.54) is 11.3 Å². The monoisotopic (exact) mass is 602 g/mol. The van der Waals surface area contributed by atoms with Crippen LogP contribution in [-0.2, 0) is 18.3 Å². The molecule has 11 heteroatoms. The summed E-state index contributed by atoms with van der Waals surface area (Å²) in [6.07, 6.45) is 7.96. The van der Waals surface area contributed by atoms with Gasteiger partial charge in [0.25, 0.3) is 0 Å². The van der Waals surface area contributed by atoms with Crippen molar-refractivity contribution in [2.24, 2.45) is 0 Å². The maximum absolute atomic E-state index is 10.1. The number of hydrogen-bond donors (Lipinski definition) is 2. The lowest BCUT2D eigenvalue weighted by molar-refractivity contribution is 0.117. The van der Waals surface area contributed by atoms with Gasteiger partial charge in [-0.3, -0.25) is 4.90 Å². The van der Waals surface area contributed by atoms with Crippen LogP contribution in [-0.4, -0.2) is 70.9 Å². The Balaban J connectivity index is 1.31. The second-order valence-electron chi connectivity index (χ2n) is 13.2. The molecule has 2 aliphatic carbocycles. The van der Waals surface area contributed by atoms with E-state index < -0.39 is 0 Å². The van der Waals surface area contributed by atoms with Gasteiger partial charge in [0.2, 0.25) is 17.5 Å². The molecule has 0 radical (unpaired) electrons. The van der Waals surface area contributed by atoms with Crippen LogP contribution in [0.4, 0.5) is 10.8 Å². The highest BCUT2D eigenvalue weighted by molar-refractivity contribution is 7.16. The number of hydrogen-bond acceptors (Lipinski definition) is 11. The predicted octanol–water partition coefficient (Wildman–Crippen LogP) is 4.65. The van der Waals surface area contributed by atoms with Crippen LogP contribution in [0.25, 0.3) is 11.6 Å². The summed E-state index contributed by atoms with van der Waals surface area (Å²) in [6.45, 7) is 9.33. The lowest BCUT2D eigenvalue weighted by atomic mass is 9.62. The minimum atomic E-state index is -0.357. The van der Waals surface area contributed by atoms with Crippen molar-refractivity contribution < 1.29 is 9.26 Å². The molecule has 10 nitrogen and oxygen atoms in total. The van der Waals surface area contributed by atoms with E-state index in [9.17, 15) is 5.26 Å². The van der Waals surface area contributed by atoms with Crippen molar-refractivity contribution in [2.45, 2.75) is 102 Å². The highest BCUT2D eigenvalue weighted by Gasteiger charge is 2.48. The molecule has 0 amide bonds. The van der Waals surface area contributed by atoms with E-state index in [0.717, 1.165) is 87.2 Å². The van der Waals surface area contributed by atoms with Crippen molar-refractivity contribution in [2.75, 3.05) is 37.3 Å². The fourth-order valence-electron chi connectivity index (χ4n) is 8.28. The Kier molecular flexibility index (Phi) is 7.35. The Hall–Kier alpha value is -3.20. The van der Waals surface area contributed by atoms with Gasteiger partial charge < -0.3 is 25.2 Å². The molecule has 2 saturated heterocycles. The number of aromatic nitrogens is 3. The molecule has 2 aliphatic heterocycles. The van der Waals surface area contributed by atoms with Crippen LogP contribution >= 0.6 is 11.3 Å². The number of thiophene rings is 1. The van der Waals surface area contributed by atoms with Crippen LogP contribution in [0.5, 0.6) is 5.88 Å². The van der Waals surface area contributed by atoms with Crippen LogP contribution in [0.2, 0.25) is 0 Å². The zero-order valence-electron chi connectivity index (χ0n) is 25.7. The summed E-state index contributed by atoms with van der Waals surface area (Å²) in [7, 11) is 2.17. The number of likely N-dealkylation sites (N-methyl/N-ethyl adjacent to an activating group) is 1. The molecule has 5 heterocycles. The van der Waals surface area contributed by atoms with Crippen molar-refractivity contribution in [3.05, 3.63) is 33.3 Å². The first-order valence-electron chi connectivity index (χ1n) is 15.9. The first-order chi connectivity index (χ1) is 20.8. The molecule has 3 N–H and O–H groups in total. The number of nitrogens with two attached hydrogens (primary N) is 1. The summed E-state index contributed by atoms with van der Waals surface area (Å²) >= 11 is 1.56. The second-order valence-corrected chi connectivity index (χ2v) is 14.3. The third-order valence-electron chi connectivity index (χ3n) is 10.1. The smallest absolute Gasteiger partial charge is 0.219 e. The van der Waals surface area contributed by atoms with Crippen molar-refractivity contribution in [1.29, 1.82) is 5.26 Å². The highest BCUT2D eigenvalue weighted by atomic mass is 32.1. The average molecular weight is 603 g/mol. The van der Waals surface area contributed by atoms with Crippen LogP contribution in [0.15, 0.2) is 10.6 Å². The molecule has 0 aromatic carbocycles. The van der Waals surface area contributed by atoms with E-state index in [1.54, 1.807) is 11.3 Å². The van der Waals surface area contributed by atoms with Gasteiger partial charge in [-0.25, -0.2) is 4.98 Å². The third kappa shape index (κ3) is 4.88. The number of likely N-dealkylation sites (tertiary alicyclic amines) is 1. The molecule has 0 bridgehead atoms. The molecule has 0 saturated carbocycles. The van der Waals surface area contributed by atoms with Gasteiger partial charge in [-0.15, -0.1) is 11.3 Å². The van der Waals surface area contributed by atoms with Gasteiger partial charge in [0.1, 0.15) is 23.0 Å². The molecule has 5 atom stereocenters. The summed E-state index contributed by atoms with van der Waals surface area (Å²) in [6, 6.07) is 5.44. The summed E-state index contributed by atoms with van der Waals surface area (Å²) in [5.41, 5.74) is 9.71. The van der Waals surface area contributed by atoms with Crippen molar-refractivity contribution in [3.63, 3.8) is 0 Å². The lowest BCUT2D eigenvalue weighted by Crippen LogP contribution is -2.54. The number of aryl methyl sites for hydroxylation is 1. The maximum Gasteiger partial charge on any atom is 0.219 e. The normalized spacial score (nSPS) is 28.0. The fraction of sp³-hybridized carbons (Fsp3) is 0.625. The Morgan fingerprint density at radius 2 is 1.95 bits per heavy atom. The van der Waals surface area contributed by atoms with Gasteiger partial charge >= 0.3 is 0 Å². The van der Waals surface area contributed by atoms with Gasteiger partial charge in [0.15, 0.2) is 0 Å². The average Bonchev–Trinajstić information content (AvgIpc) is 3.69. The standard InChI is InChI=1S/C32H42N8O2S/c1-18-16-40(17-19(2)35-18)25-14-26(41-20(3)23-9-7-13-39(23)4)37-31(36-25)28-21-8-5-11-32(29(21)38-42-28)12-6-10-24-27(32)22(15-33)30(34)43-24/h14,18-20,23,35H,5-13,16-17,34H2,1-4H3/t18-,19-,20-,23-,32-/m0/s1. The molecule has 7 rings (SSSR count). The molecule has 3 aromatic heterocycles. The van der Waals surface area contributed by atoms with E-state index in [1.807, 2.05) is 6.07 Å². The highest BCUT2D eigenvalue weighted by Crippen LogP contribution is 2.54. The van der Waals surface area contributed by atoms with Gasteiger partial charge in [0, 0.05) is 53.1 Å². The molecule has 43 heavy (non-hydrogen) atoms. The zero-order chi connectivity index (χ0) is 29.9. The number of piperazine rings is 1.